The molecule has 0 aliphatic heterocycles. The third-order valence-corrected chi connectivity index (χ3v) is 16.0. The summed E-state index contributed by atoms with van der Waals surface area (Å²) in [5.41, 5.74) is 17.8. The zero-order chi connectivity index (χ0) is 57.1. The number of fused-ring (bicyclic) bond motifs is 11. The molecule has 0 aromatic heterocycles. The zero-order valence-electron chi connectivity index (χ0n) is 48.0. The van der Waals surface area contributed by atoms with Gasteiger partial charge in [-0.1, -0.05) is 231 Å². The van der Waals surface area contributed by atoms with Crippen molar-refractivity contribution >= 4 is 147 Å². The highest BCUT2D eigenvalue weighted by Crippen LogP contribution is 2.38. The van der Waals surface area contributed by atoms with Crippen LogP contribution in [0, 0.1) is 0 Å². The molecule has 0 saturated carbocycles. The van der Waals surface area contributed by atoms with Gasteiger partial charge in [-0.2, -0.15) is 0 Å². The summed E-state index contributed by atoms with van der Waals surface area (Å²) in [7, 11) is 12.5. The number of rotatable bonds is 3. The summed E-state index contributed by atoms with van der Waals surface area (Å²) < 4.78 is 0. The van der Waals surface area contributed by atoms with E-state index in [1.807, 2.05) is 12.1 Å². The van der Waals surface area contributed by atoms with Crippen LogP contribution in [-0.4, -0.2) is 42.3 Å². The largest absolute Gasteiger partial charge is 0.398 e. The molecule has 16 aromatic rings. The predicted molar refractivity (Wildman–Crippen MR) is 368 cm³/mol. The Bertz CT molecular complexity index is 4980. The van der Waals surface area contributed by atoms with Crippen molar-refractivity contribution in [2.45, 2.75) is 0 Å². The first-order chi connectivity index (χ1) is 40.5. The molecule has 0 fully saturated rings. The van der Waals surface area contributed by atoms with Gasteiger partial charge in [0.2, 0.25) is 0 Å². The van der Waals surface area contributed by atoms with Crippen LogP contribution in [0.4, 0.5) is 28.4 Å². The van der Waals surface area contributed by atoms with Crippen LogP contribution in [-0.2, 0) is 0 Å². The number of hydrogen-bond acceptors (Lipinski definition) is 5. The monoisotopic (exact) mass is 1070 g/mol. The molecular weight excluding hydrogens is 1010 g/mol. The maximum Gasteiger partial charge on any atom is 0.0447 e. The highest BCUT2D eigenvalue weighted by molar-refractivity contribution is 6.25. The average Bonchev–Trinajstić information content (AvgIpc) is 3.71. The van der Waals surface area contributed by atoms with Crippen molar-refractivity contribution in [3.8, 4) is 0 Å². The lowest BCUT2D eigenvalue weighted by Crippen LogP contribution is -2.09. The summed E-state index contributed by atoms with van der Waals surface area (Å²) in [4.78, 5) is 6.48. The van der Waals surface area contributed by atoms with Gasteiger partial charge in [-0.15, -0.1) is 0 Å². The van der Waals surface area contributed by atoms with Crippen molar-refractivity contribution in [2.24, 2.45) is 0 Å². The van der Waals surface area contributed by atoms with Crippen molar-refractivity contribution in [3.63, 3.8) is 0 Å². The molecule has 0 aliphatic rings. The van der Waals surface area contributed by atoms with Crippen LogP contribution < -0.4 is 26.2 Å². The Labute approximate surface area is 485 Å². The van der Waals surface area contributed by atoms with E-state index < -0.39 is 0 Å². The number of nitrogen functional groups attached to an aromatic ring is 2. The molecule has 0 saturated heterocycles. The van der Waals surface area contributed by atoms with Gasteiger partial charge >= 0.3 is 0 Å². The number of nitrogens with two attached hydrogens (primary N) is 2. The topological polar surface area (TPSA) is 61.8 Å². The minimum absolute atomic E-state index is 0.847. The normalized spacial score (nSPS) is 11.1. The number of nitrogens with zero attached hydrogens (tertiary/aromatic N) is 3. The van der Waals surface area contributed by atoms with E-state index in [4.69, 9.17) is 11.5 Å². The average molecular weight is 1070 g/mol. The summed E-state index contributed by atoms with van der Waals surface area (Å²) in [5, 5.41) is 28.1. The molecule has 83 heavy (non-hydrogen) atoms. The molecular formula is C78H67N5. The second kappa shape index (κ2) is 23.0. The van der Waals surface area contributed by atoms with E-state index in [2.05, 4.69) is 318 Å². The van der Waals surface area contributed by atoms with E-state index in [0.717, 1.165) is 22.1 Å². The fourth-order valence-electron chi connectivity index (χ4n) is 12.0. The quantitative estimate of drug-likeness (QED) is 0.105. The lowest BCUT2D eigenvalue weighted by Gasteiger charge is -2.17. The van der Waals surface area contributed by atoms with Gasteiger partial charge in [-0.25, -0.2) is 0 Å². The van der Waals surface area contributed by atoms with Crippen molar-refractivity contribution < 1.29 is 0 Å². The van der Waals surface area contributed by atoms with Gasteiger partial charge in [-0.05, 0) is 134 Å². The van der Waals surface area contributed by atoms with Gasteiger partial charge in [0, 0.05) is 97.7 Å². The third-order valence-electron chi connectivity index (χ3n) is 16.0. The summed E-state index contributed by atoms with van der Waals surface area (Å²) in [5.74, 6) is 0. The van der Waals surface area contributed by atoms with Crippen molar-refractivity contribution in [1.29, 1.82) is 0 Å². The molecule has 5 heteroatoms. The highest BCUT2D eigenvalue weighted by Gasteiger charge is 2.11. The molecule has 0 unspecified atom stereocenters. The smallest absolute Gasteiger partial charge is 0.0447 e. The SMILES string of the molecule is CN(C)c1cc2ccccc2c2ccccc12.CN(C)c1cccc2cc3ccccc3cc12.CN(C)c1cccc2ccccc12.Nc1cc2c3ccccc3ccc2c2ccccc12.Nc1ccc2ccc3cccc4ccc1c2c34. The maximum atomic E-state index is 6.21. The van der Waals surface area contributed by atoms with Crippen LogP contribution in [0.25, 0.3) is 118 Å². The Morgan fingerprint density at radius 1 is 0.193 bits per heavy atom. The fraction of sp³-hybridized carbons (Fsp3) is 0.0769. The Morgan fingerprint density at radius 3 is 1.20 bits per heavy atom. The minimum Gasteiger partial charge on any atom is -0.398 e. The Hall–Kier alpha value is -10.4. The molecule has 0 bridgehead atoms. The van der Waals surface area contributed by atoms with E-state index in [1.165, 1.54) is 125 Å². The molecule has 4 N–H and O–H groups in total. The van der Waals surface area contributed by atoms with Crippen LogP contribution in [0.1, 0.15) is 0 Å². The Balaban J connectivity index is 0.000000103. The van der Waals surface area contributed by atoms with E-state index in [1.54, 1.807) is 0 Å². The lowest BCUT2D eigenvalue weighted by molar-refractivity contribution is 1.14. The van der Waals surface area contributed by atoms with Gasteiger partial charge in [0.15, 0.2) is 0 Å². The Morgan fingerprint density at radius 2 is 0.566 bits per heavy atom. The molecule has 16 aromatic carbocycles. The van der Waals surface area contributed by atoms with E-state index >= 15 is 0 Å². The van der Waals surface area contributed by atoms with Gasteiger partial charge in [0.25, 0.3) is 0 Å². The van der Waals surface area contributed by atoms with Crippen LogP contribution in [0.2, 0.25) is 0 Å². The highest BCUT2D eigenvalue weighted by atomic mass is 15.1. The summed E-state index contributed by atoms with van der Waals surface area (Å²) in [6.45, 7) is 0. The third kappa shape index (κ3) is 10.5. The molecule has 0 amide bonds. The number of hydrogen-bond donors (Lipinski definition) is 2. The van der Waals surface area contributed by atoms with Crippen LogP contribution in [0.5, 0.6) is 0 Å². The lowest BCUT2D eigenvalue weighted by atomic mass is 9.94. The molecule has 5 nitrogen and oxygen atoms in total. The fourth-order valence-corrected chi connectivity index (χ4v) is 12.0. The standard InChI is InChI=1S/C18H13N.C16H11N.2C16H15N.C12H13N/c19-18-11-17-13-6-2-1-5-12(13)9-10-15(17)14-7-3-4-8-16(14)18;17-14-9-7-12-5-4-10-2-1-3-11-6-8-13(14)16(12)15(10)11;1-17(2)16-11-12-7-3-4-8-13(12)14-9-5-6-10-15(14)16;1-17(2)16-9-5-8-14-10-12-6-3-4-7-13(12)11-15(14)16;1-13(2)12-9-5-7-10-6-3-4-8-11(10)12/h1-11H,19H2;1-9H,17H2;2*3-11H,1-2H3;3-9H,1-2H3. The molecule has 0 heterocycles. The number of benzene rings is 16. The van der Waals surface area contributed by atoms with Gasteiger partial charge in [0.1, 0.15) is 0 Å². The number of anilines is 5. The first-order valence-corrected chi connectivity index (χ1v) is 28.3. The second-order valence-electron chi connectivity index (χ2n) is 21.9. The van der Waals surface area contributed by atoms with Crippen molar-refractivity contribution in [2.75, 3.05) is 68.5 Å². The zero-order valence-corrected chi connectivity index (χ0v) is 48.0. The molecule has 0 atom stereocenters. The predicted octanol–water partition coefficient (Wildman–Crippen LogP) is 19.9. The van der Waals surface area contributed by atoms with E-state index in [0.29, 0.717) is 0 Å². The van der Waals surface area contributed by atoms with Crippen LogP contribution in [0.15, 0.2) is 273 Å². The van der Waals surface area contributed by atoms with E-state index in [9.17, 15) is 0 Å². The Kier molecular flexibility index (Phi) is 14.8. The van der Waals surface area contributed by atoms with Crippen molar-refractivity contribution in [3.05, 3.63) is 273 Å². The molecule has 16 rings (SSSR count). The molecule has 404 valence electrons. The maximum absolute atomic E-state index is 6.21. The minimum atomic E-state index is 0.847. The molecule has 0 spiro atoms. The second-order valence-corrected chi connectivity index (χ2v) is 21.9. The van der Waals surface area contributed by atoms with Crippen LogP contribution in [0.3, 0.4) is 0 Å². The van der Waals surface area contributed by atoms with Crippen LogP contribution >= 0.6 is 0 Å². The van der Waals surface area contributed by atoms with Crippen molar-refractivity contribution in [1.82, 2.24) is 0 Å². The van der Waals surface area contributed by atoms with Gasteiger partial charge in [-0.3, -0.25) is 0 Å². The first kappa shape index (κ1) is 53.3. The van der Waals surface area contributed by atoms with Gasteiger partial charge in [0.05, 0.1) is 0 Å². The van der Waals surface area contributed by atoms with E-state index in [-0.39, 0.29) is 0 Å². The summed E-state index contributed by atoms with van der Waals surface area (Å²) in [6, 6.07) is 96.1. The molecule has 0 aliphatic carbocycles. The summed E-state index contributed by atoms with van der Waals surface area (Å²) >= 11 is 0. The van der Waals surface area contributed by atoms with Gasteiger partial charge < -0.3 is 26.2 Å². The summed E-state index contributed by atoms with van der Waals surface area (Å²) in [6.07, 6.45) is 0. The first-order valence-electron chi connectivity index (χ1n) is 28.3. The molecule has 0 radical (unpaired) electrons.